The van der Waals surface area contributed by atoms with E-state index in [1.165, 1.54) is 33.5 Å². The highest BCUT2D eigenvalue weighted by molar-refractivity contribution is 5.88. The van der Waals surface area contributed by atoms with Crippen molar-refractivity contribution in [2.75, 3.05) is 4.90 Å². The molecule has 2 atom stereocenters. The molecule has 27 heavy (non-hydrogen) atoms. The predicted octanol–water partition coefficient (Wildman–Crippen LogP) is 5.63. The lowest BCUT2D eigenvalue weighted by Gasteiger charge is -2.62. The highest BCUT2D eigenvalue weighted by Crippen LogP contribution is 2.68. The van der Waals surface area contributed by atoms with Crippen molar-refractivity contribution in [3.8, 4) is 0 Å². The van der Waals surface area contributed by atoms with Crippen LogP contribution >= 0.6 is 0 Å². The summed E-state index contributed by atoms with van der Waals surface area (Å²) in [5, 5.41) is 0. The van der Waals surface area contributed by atoms with E-state index in [0.29, 0.717) is 6.04 Å². The molecule has 142 valence electrons. The van der Waals surface area contributed by atoms with Gasteiger partial charge in [0.1, 0.15) is 0 Å². The number of fused-ring (bicyclic) bond motifs is 7. The molecule has 3 nitrogen and oxygen atoms in total. The molecule has 0 bridgehead atoms. The van der Waals surface area contributed by atoms with Crippen LogP contribution in [0.15, 0.2) is 36.5 Å². The summed E-state index contributed by atoms with van der Waals surface area (Å²) in [6.45, 7) is 14.7. The van der Waals surface area contributed by atoms with Crippen LogP contribution in [0, 0.1) is 5.41 Å². The summed E-state index contributed by atoms with van der Waals surface area (Å²) in [5.41, 5.74) is 8.63. The molecular weight excluding hydrogens is 330 g/mol. The summed E-state index contributed by atoms with van der Waals surface area (Å²) in [6, 6.07) is 11.7. The lowest BCUT2D eigenvalue weighted by Crippen LogP contribution is -2.61. The molecule has 2 aliphatic rings. The number of aromatic nitrogens is 2. The first kappa shape index (κ1) is 17.0. The molecule has 0 saturated carbocycles. The smallest absolute Gasteiger partial charge is 0.0731 e. The van der Waals surface area contributed by atoms with Gasteiger partial charge in [0.2, 0.25) is 0 Å². The molecule has 0 N–H and O–H groups in total. The minimum Gasteiger partial charge on any atom is -0.353 e. The number of aryl methyl sites for hydroxylation is 2. The highest BCUT2D eigenvalue weighted by atomic mass is 15.3. The summed E-state index contributed by atoms with van der Waals surface area (Å²) < 4.78 is 4.75. The Balaban J connectivity index is 1.97. The van der Waals surface area contributed by atoms with E-state index in [1.54, 1.807) is 0 Å². The van der Waals surface area contributed by atoms with Crippen LogP contribution in [0.1, 0.15) is 64.4 Å². The average Bonchev–Trinajstić information content (AvgIpc) is 3.19. The number of hydrogen-bond donors (Lipinski definition) is 0. The van der Waals surface area contributed by atoms with Gasteiger partial charge in [-0.05, 0) is 37.0 Å². The third-order valence-corrected chi connectivity index (χ3v) is 8.64. The number of para-hydroxylation sites is 1. The molecule has 0 saturated heterocycles. The van der Waals surface area contributed by atoms with Crippen LogP contribution in [-0.4, -0.2) is 9.13 Å². The van der Waals surface area contributed by atoms with Gasteiger partial charge >= 0.3 is 0 Å². The molecule has 5 rings (SSSR count). The standard InChI is InChI=1S/C24H31N3/c1-15-20-19(21-18(26(20)8)13-14-25(21)7)24(6)23(4,5)22(2,3)16-11-9-10-12-17(16)27(15)24/h9-15H,1-8H3. The first-order chi connectivity index (χ1) is 12.6. The van der Waals surface area contributed by atoms with Gasteiger partial charge in [-0.2, -0.15) is 0 Å². The Morgan fingerprint density at radius 2 is 1.59 bits per heavy atom. The van der Waals surface area contributed by atoms with E-state index >= 15 is 0 Å². The fourth-order valence-electron chi connectivity index (χ4n) is 6.33. The third kappa shape index (κ3) is 1.54. The second-order valence-electron chi connectivity index (χ2n) is 9.87. The minimum absolute atomic E-state index is 0.0480. The van der Waals surface area contributed by atoms with E-state index in [9.17, 15) is 0 Å². The van der Waals surface area contributed by atoms with Gasteiger partial charge < -0.3 is 14.0 Å². The van der Waals surface area contributed by atoms with E-state index in [0.717, 1.165) is 0 Å². The zero-order valence-corrected chi connectivity index (χ0v) is 17.9. The summed E-state index contributed by atoms with van der Waals surface area (Å²) in [5.74, 6) is 0. The molecule has 2 aromatic heterocycles. The van der Waals surface area contributed by atoms with Crippen LogP contribution < -0.4 is 4.90 Å². The van der Waals surface area contributed by atoms with Gasteiger partial charge in [0.05, 0.1) is 22.6 Å². The molecule has 0 radical (unpaired) electrons. The van der Waals surface area contributed by atoms with Crippen molar-refractivity contribution in [2.45, 2.75) is 58.5 Å². The molecular formula is C24H31N3. The first-order valence-corrected chi connectivity index (χ1v) is 10.1. The number of nitrogens with zero attached hydrogens (tertiary/aromatic N) is 3. The van der Waals surface area contributed by atoms with Crippen LogP contribution in [0.3, 0.4) is 0 Å². The Hall–Kier alpha value is -2.16. The first-order valence-electron chi connectivity index (χ1n) is 10.1. The Morgan fingerprint density at radius 1 is 0.926 bits per heavy atom. The average molecular weight is 362 g/mol. The van der Waals surface area contributed by atoms with Crippen LogP contribution in [0.4, 0.5) is 5.69 Å². The van der Waals surface area contributed by atoms with Crippen molar-refractivity contribution in [2.24, 2.45) is 19.5 Å². The molecule has 0 spiro atoms. The van der Waals surface area contributed by atoms with Crippen molar-refractivity contribution in [1.82, 2.24) is 9.13 Å². The zero-order chi connectivity index (χ0) is 19.5. The zero-order valence-electron chi connectivity index (χ0n) is 17.9. The topological polar surface area (TPSA) is 13.1 Å². The monoisotopic (exact) mass is 361 g/mol. The quantitative estimate of drug-likeness (QED) is 0.506. The van der Waals surface area contributed by atoms with Crippen LogP contribution in [0.25, 0.3) is 11.0 Å². The number of hydrogen-bond acceptors (Lipinski definition) is 1. The largest absolute Gasteiger partial charge is 0.353 e. The number of rotatable bonds is 0. The second-order valence-corrected chi connectivity index (χ2v) is 9.87. The fourth-order valence-corrected chi connectivity index (χ4v) is 6.33. The van der Waals surface area contributed by atoms with Gasteiger partial charge in [-0.3, -0.25) is 0 Å². The van der Waals surface area contributed by atoms with E-state index in [-0.39, 0.29) is 16.4 Å². The van der Waals surface area contributed by atoms with Gasteiger partial charge in [-0.15, -0.1) is 0 Å². The maximum Gasteiger partial charge on any atom is 0.0731 e. The molecule has 1 aromatic carbocycles. The molecule has 3 aromatic rings. The Kier molecular flexibility index (Phi) is 2.91. The van der Waals surface area contributed by atoms with E-state index < -0.39 is 0 Å². The van der Waals surface area contributed by atoms with Crippen molar-refractivity contribution in [3.63, 3.8) is 0 Å². The molecule has 0 amide bonds. The normalized spacial score (nSPS) is 27.6. The molecule has 0 aliphatic carbocycles. The maximum atomic E-state index is 2.71. The van der Waals surface area contributed by atoms with Crippen molar-refractivity contribution >= 4 is 16.7 Å². The second kappa shape index (κ2) is 4.63. The molecule has 2 unspecified atom stereocenters. The van der Waals surface area contributed by atoms with E-state index in [2.05, 4.69) is 106 Å². The van der Waals surface area contributed by atoms with Crippen LogP contribution in [-0.2, 0) is 25.0 Å². The molecule has 3 heteroatoms. The van der Waals surface area contributed by atoms with Gasteiger partial charge in [0.25, 0.3) is 0 Å². The third-order valence-electron chi connectivity index (χ3n) is 8.64. The van der Waals surface area contributed by atoms with Crippen LogP contribution in [0.2, 0.25) is 0 Å². The highest BCUT2D eigenvalue weighted by Gasteiger charge is 2.65. The summed E-state index contributed by atoms with van der Waals surface area (Å²) in [7, 11) is 4.43. The van der Waals surface area contributed by atoms with Gasteiger partial charge in [-0.25, -0.2) is 0 Å². The van der Waals surface area contributed by atoms with Gasteiger partial charge in [-0.1, -0.05) is 45.9 Å². The lowest BCUT2D eigenvalue weighted by atomic mass is 9.51. The molecule has 4 heterocycles. The van der Waals surface area contributed by atoms with Crippen molar-refractivity contribution in [3.05, 3.63) is 53.3 Å². The number of anilines is 1. The number of benzene rings is 1. The summed E-state index contributed by atoms with van der Waals surface area (Å²) in [6.07, 6.45) is 2.20. The SMILES string of the molecule is CC1c2c(c3c(ccn3C)n2C)C2(C)N1c1ccccc1C(C)(C)C2(C)C. The Bertz CT molecular complexity index is 1090. The Morgan fingerprint density at radius 3 is 2.30 bits per heavy atom. The minimum atomic E-state index is -0.0781. The van der Waals surface area contributed by atoms with E-state index in [4.69, 9.17) is 0 Å². The molecule has 2 aliphatic heterocycles. The maximum absolute atomic E-state index is 2.71. The van der Waals surface area contributed by atoms with Crippen LogP contribution in [0.5, 0.6) is 0 Å². The summed E-state index contributed by atoms with van der Waals surface area (Å²) in [4.78, 5) is 2.71. The lowest BCUT2D eigenvalue weighted by molar-refractivity contribution is 0.0660. The Labute approximate surface area is 162 Å². The molecule has 0 fully saturated rings. The van der Waals surface area contributed by atoms with Gasteiger partial charge in [0.15, 0.2) is 0 Å². The van der Waals surface area contributed by atoms with Crippen molar-refractivity contribution < 1.29 is 0 Å². The predicted molar refractivity (Wildman–Crippen MR) is 113 cm³/mol. The fraction of sp³-hybridized carbons (Fsp3) is 0.500. The van der Waals surface area contributed by atoms with Gasteiger partial charge in [0, 0.05) is 42.7 Å². The summed E-state index contributed by atoms with van der Waals surface area (Å²) >= 11 is 0. The van der Waals surface area contributed by atoms with Crippen molar-refractivity contribution in [1.29, 1.82) is 0 Å². The van der Waals surface area contributed by atoms with E-state index in [1.807, 2.05) is 0 Å².